The van der Waals surface area contributed by atoms with E-state index in [1.165, 1.54) is 24.5 Å². The first-order valence-corrected chi connectivity index (χ1v) is 11.2. The number of nitrogens with one attached hydrogen (secondary N) is 1. The first-order chi connectivity index (χ1) is 16.0. The largest absolute Gasteiger partial charge is 0.326 e. The summed E-state index contributed by atoms with van der Waals surface area (Å²) in [6.07, 6.45) is 7.42. The fraction of sp³-hybridized carbons (Fsp3) is 0.320. The predicted octanol–water partition coefficient (Wildman–Crippen LogP) is 5.12. The molecule has 2 amide bonds. The molecule has 33 heavy (non-hydrogen) atoms. The van der Waals surface area contributed by atoms with E-state index in [1.54, 1.807) is 4.90 Å². The number of carbonyl (C=O) groups excluding carboxylic acids is 2. The van der Waals surface area contributed by atoms with Crippen molar-refractivity contribution in [3.05, 3.63) is 65.7 Å². The number of rotatable bonds is 6. The molecule has 0 spiro atoms. The second-order valence-electron chi connectivity index (χ2n) is 8.52. The van der Waals surface area contributed by atoms with Gasteiger partial charge in [0.1, 0.15) is 6.04 Å². The lowest BCUT2D eigenvalue weighted by Gasteiger charge is -2.18. The molecule has 170 valence electrons. The molecule has 8 heteroatoms. The van der Waals surface area contributed by atoms with E-state index >= 15 is 0 Å². The Morgan fingerprint density at radius 2 is 1.97 bits per heavy atom. The summed E-state index contributed by atoms with van der Waals surface area (Å²) in [5, 5.41) is 2.57. The van der Waals surface area contributed by atoms with Crippen molar-refractivity contribution in [3.8, 4) is 0 Å². The number of anilines is 2. The third kappa shape index (κ3) is 4.13. The van der Waals surface area contributed by atoms with Crippen LogP contribution in [0, 0.1) is 11.6 Å². The second kappa shape index (κ2) is 8.77. The molecule has 2 aromatic carbocycles. The summed E-state index contributed by atoms with van der Waals surface area (Å²) in [4.78, 5) is 32.5. The number of carbonyl (C=O) groups is 2. The highest BCUT2D eigenvalue weighted by molar-refractivity contribution is 6.05. The Kier molecular flexibility index (Phi) is 5.66. The van der Waals surface area contributed by atoms with Crippen LogP contribution in [0.3, 0.4) is 0 Å². The Hall–Kier alpha value is -3.55. The zero-order valence-electron chi connectivity index (χ0n) is 18.1. The van der Waals surface area contributed by atoms with E-state index in [1.807, 2.05) is 28.8 Å². The predicted molar refractivity (Wildman–Crippen MR) is 122 cm³/mol. The van der Waals surface area contributed by atoms with Crippen molar-refractivity contribution in [1.82, 2.24) is 9.55 Å². The second-order valence-corrected chi connectivity index (χ2v) is 8.52. The van der Waals surface area contributed by atoms with Crippen LogP contribution in [0.15, 0.2) is 54.1 Å². The highest BCUT2D eigenvalue weighted by atomic mass is 19.2. The lowest BCUT2D eigenvalue weighted by atomic mass is 9.97. The molecule has 3 aromatic rings. The van der Waals surface area contributed by atoms with E-state index in [0.717, 1.165) is 42.4 Å². The van der Waals surface area contributed by atoms with E-state index in [9.17, 15) is 18.4 Å². The summed E-state index contributed by atoms with van der Waals surface area (Å²) in [7, 11) is 0. The van der Waals surface area contributed by atoms with Crippen LogP contribution in [0.25, 0.3) is 11.0 Å². The van der Waals surface area contributed by atoms with Gasteiger partial charge in [0, 0.05) is 18.3 Å². The smallest absolute Gasteiger partial charge is 0.253 e. The number of halogens is 2. The molecule has 2 aliphatic rings. The number of benzene rings is 2. The third-order valence-corrected chi connectivity index (χ3v) is 6.31. The Balaban J connectivity index is 1.39. The fourth-order valence-electron chi connectivity index (χ4n) is 4.66. The molecule has 1 aliphatic heterocycles. The summed E-state index contributed by atoms with van der Waals surface area (Å²) >= 11 is 0. The van der Waals surface area contributed by atoms with Gasteiger partial charge in [0.25, 0.3) is 5.91 Å². The van der Waals surface area contributed by atoms with Gasteiger partial charge in [-0.2, -0.15) is 0 Å². The number of imidazole rings is 1. The molecule has 5 rings (SSSR count). The average molecular weight is 450 g/mol. The minimum Gasteiger partial charge on any atom is -0.326 e. The van der Waals surface area contributed by atoms with Crippen molar-refractivity contribution in [2.45, 2.75) is 44.6 Å². The van der Waals surface area contributed by atoms with Crippen LogP contribution in [0.2, 0.25) is 0 Å². The van der Waals surface area contributed by atoms with E-state index in [0.29, 0.717) is 12.5 Å². The van der Waals surface area contributed by atoms with E-state index in [4.69, 9.17) is 0 Å². The average Bonchev–Trinajstić information content (AvgIpc) is 3.30. The minimum atomic E-state index is -1.05. The van der Waals surface area contributed by atoms with Gasteiger partial charge in [-0.3, -0.25) is 19.1 Å². The van der Waals surface area contributed by atoms with E-state index < -0.39 is 23.6 Å². The first-order valence-electron chi connectivity index (χ1n) is 11.2. The molecule has 0 fully saturated rings. The summed E-state index contributed by atoms with van der Waals surface area (Å²) < 4.78 is 28.5. The van der Waals surface area contributed by atoms with Crippen molar-refractivity contribution >= 4 is 34.5 Å². The Morgan fingerprint density at radius 3 is 2.76 bits per heavy atom. The molecule has 0 saturated heterocycles. The number of hydrogen-bond donors (Lipinski definition) is 1. The zero-order chi connectivity index (χ0) is 22.9. The van der Waals surface area contributed by atoms with Crippen molar-refractivity contribution in [2.24, 2.45) is 0 Å². The molecule has 1 aliphatic carbocycles. The Labute approximate surface area is 189 Å². The van der Waals surface area contributed by atoms with Crippen molar-refractivity contribution in [1.29, 1.82) is 0 Å². The maximum Gasteiger partial charge on any atom is 0.253 e. The van der Waals surface area contributed by atoms with Gasteiger partial charge >= 0.3 is 0 Å². The normalized spacial score (nSPS) is 17.9. The molecule has 1 aromatic heterocycles. The molecule has 0 bridgehead atoms. The quantitative estimate of drug-likeness (QED) is 0.530. The first kappa shape index (κ1) is 21.3. The number of nitrogens with zero attached hydrogens (tertiary/aromatic N) is 3. The highest BCUT2D eigenvalue weighted by Crippen LogP contribution is 2.37. The number of fused-ring (bicyclic) bond motifs is 3. The van der Waals surface area contributed by atoms with Gasteiger partial charge in [-0.15, -0.1) is 0 Å². The zero-order valence-corrected chi connectivity index (χ0v) is 18.1. The Morgan fingerprint density at radius 1 is 1.12 bits per heavy atom. The van der Waals surface area contributed by atoms with Crippen LogP contribution in [0.5, 0.6) is 0 Å². The maximum absolute atomic E-state index is 13.5. The van der Waals surface area contributed by atoms with Crippen LogP contribution in [-0.2, 0) is 9.59 Å². The number of hydrogen-bond acceptors (Lipinski definition) is 3. The number of allylic oxidation sites excluding steroid dienone is 1. The van der Waals surface area contributed by atoms with Gasteiger partial charge in [-0.25, -0.2) is 13.8 Å². The standard InChI is InChI=1S/C25H24F2N4O2/c26-18-11-10-17(14-19(18)27)28-23(32)15-22-24(33)30(13-12-16-6-2-1-3-7-16)25-29-20-8-4-5-9-21(20)31(22)25/h4-6,8-11,14,22H,1-3,7,12-13,15H2,(H,28,32)/t22-/m1/s1. The summed E-state index contributed by atoms with van der Waals surface area (Å²) in [5.41, 5.74) is 3.04. The topological polar surface area (TPSA) is 67.2 Å². The number of aromatic nitrogens is 2. The van der Waals surface area contributed by atoms with E-state index in [-0.39, 0.29) is 18.0 Å². The van der Waals surface area contributed by atoms with Gasteiger partial charge in [-0.05, 0) is 56.4 Å². The lowest BCUT2D eigenvalue weighted by molar-refractivity contribution is -0.124. The highest BCUT2D eigenvalue weighted by Gasteiger charge is 2.40. The molecule has 6 nitrogen and oxygen atoms in total. The summed E-state index contributed by atoms with van der Waals surface area (Å²) in [6, 6.07) is 9.93. The van der Waals surface area contributed by atoms with Gasteiger partial charge in [0.05, 0.1) is 17.5 Å². The molecule has 2 heterocycles. The molecule has 0 unspecified atom stereocenters. The van der Waals surface area contributed by atoms with Gasteiger partial charge in [0.15, 0.2) is 11.6 Å². The van der Waals surface area contributed by atoms with Gasteiger partial charge in [0.2, 0.25) is 11.9 Å². The van der Waals surface area contributed by atoms with E-state index in [2.05, 4.69) is 16.4 Å². The van der Waals surface area contributed by atoms with Crippen molar-refractivity contribution in [2.75, 3.05) is 16.8 Å². The molecular formula is C25H24F2N4O2. The number of para-hydroxylation sites is 2. The molecule has 1 N–H and O–H groups in total. The third-order valence-electron chi connectivity index (χ3n) is 6.31. The molecule has 0 saturated carbocycles. The van der Waals surface area contributed by atoms with Gasteiger partial charge in [-0.1, -0.05) is 23.8 Å². The minimum absolute atomic E-state index is 0.135. The maximum atomic E-state index is 13.5. The van der Waals surface area contributed by atoms with Crippen molar-refractivity contribution < 1.29 is 18.4 Å². The van der Waals surface area contributed by atoms with Gasteiger partial charge < -0.3 is 5.32 Å². The summed E-state index contributed by atoms with van der Waals surface area (Å²) in [5.74, 6) is -2.13. The van der Waals surface area contributed by atoms with Crippen LogP contribution < -0.4 is 10.2 Å². The number of amides is 2. The molecular weight excluding hydrogens is 426 g/mol. The summed E-state index contributed by atoms with van der Waals surface area (Å²) in [6.45, 7) is 0.509. The SMILES string of the molecule is O=C(C[C@@H]1C(=O)N(CCC2=CCCCC2)c2nc3ccccc3n21)Nc1ccc(F)c(F)c1. The van der Waals surface area contributed by atoms with Crippen LogP contribution in [0.4, 0.5) is 20.4 Å². The molecule has 0 radical (unpaired) electrons. The van der Waals surface area contributed by atoms with Crippen LogP contribution >= 0.6 is 0 Å². The van der Waals surface area contributed by atoms with Crippen molar-refractivity contribution in [3.63, 3.8) is 0 Å². The van der Waals surface area contributed by atoms with Crippen LogP contribution in [-0.4, -0.2) is 27.9 Å². The molecule has 1 atom stereocenters. The Bertz CT molecular complexity index is 1270. The fourth-order valence-corrected chi connectivity index (χ4v) is 4.66. The van der Waals surface area contributed by atoms with Crippen LogP contribution in [0.1, 0.15) is 44.6 Å². The lowest BCUT2D eigenvalue weighted by Crippen LogP contribution is -2.32. The monoisotopic (exact) mass is 450 g/mol.